The van der Waals surface area contributed by atoms with E-state index in [1.54, 1.807) is 36.4 Å². The molecular formula is C21H22N2O6. The van der Waals surface area contributed by atoms with Gasteiger partial charge in [0.2, 0.25) is 0 Å². The van der Waals surface area contributed by atoms with Crippen molar-refractivity contribution in [3.8, 4) is 11.5 Å². The van der Waals surface area contributed by atoms with E-state index < -0.39 is 5.97 Å². The van der Waals surface area contributed by atoms with Gasteiger partial charge in [-0.3, -0.25) is 9.59 Å². The highest BCUT2D eigenvalue weighted by molar-refractivity contribution is 6.04. The number of carboxylic acids is 1. The van der Waals surface area contributed by atoms with E-state index in [4.69, 9.17) is 19.4 Å². The summed E-state index contributed by atoms with van der Waals surface area (Å²) in [6.07, 6.45) is 0.727. The van der Waals surface area contributed by atoms with Crippen LogP contribution in [0.3, 0.4) is 0 Å². The molecule has 1 aliphatic heterocycles. The molecule has 0 unspecified atom stereocenters. The Bertz CT molecular complexity index is 925. The van der Waals surface area contributed by atoms with Crippen molar-refractivity contribution in [3.63, 3.8) is 0 Å². The van der Waals surface area contributed by atoms with Crippen LogP contribution >= 0.6 is 0 Å². The first-order valence-corrected chi connectivity index (χ1v) is 9.24. The van der Waals surface area contributed by atoms with Gasteiger partial charge in [-0.2, -0.15) is 0 Å². The number of oxime groups is 1. The Morgan fingerprint density at radius 3 is 2.93 bits per heavy atom. The summed E-state index contributed by atoms with van der Waals surface area (Å²) in [6.45, 7) is 2.53. The Labute approximate surface area is 168 Å². The molecular weight excluding hydrogens is 376 g/mol. The van der Waals surface area contributed by atoms with E-state index in [-0.39, 0.29) is 25.5 Å². The van der Waals surface area contributed by atoms with Crippen molar-refractivity contribution >= 4 is 23.3 Å². The van der Waals surface area contributed by atoms with Crippen LogP contribution in [0.5, 0.6) is 11.5 Å². The summed E-state index contributed by atoms with van der Waals surface area (Å²) < 4.78 is 11.2. The first-order valence-electron chi connectivity index (χ1n) is 9.24. The molecule has 0 fully saturated rings. The molecule has 0 radical (unpaired) electrons. The number of nitrogens with zero attached hydrogens (tertiary/aromatic N) is 1. The maximum absolute atomic E-state index is 11.6. The van der Waals surface area contributed by atoms with E-state index in [1.165, 1.54) is 0 Å². The average molecular weight is 398 g/mol. The van der Waals surface area contributed by atoms with Gasteiger partial charge in [-0.15, -0.1) is 0 Å². The molecule has 0 aliphatic carbocycles. The van der Waals surface area contributed by atoms with Crippen molar-refractivity contribution in [2.24, 2.45) is 5.16 Å². The number of fused-ring (bicyclic) bond motifs is 1. The lowest BCUT2D eigenvalue weighted by molar-refractivity contribution is -0.136. The number of carbonyl (C=O) groups is 2. The molecule has 8 heteroatoms. The molecule has 1 amide bonds. The second-order valence-corrected chi connectivity index (χ2v) is 6.43. The van der Waals surface area contributed by atoms with Gasteiger partial charge >= 0.3 is 5.97 Å². The van der Waals surface area contributed by atoms with Crippen LogP contribution in [0.15, 0.2) is 47.6 Å². The smallest absolute Gasteiger partial charge is 0.307 e. The number of aliphatic carboxylic acids is 1. The summed E-state index contributed by atoms with van der Waals surface area (Å²) in [4.78, 5) is 27.8. The van der Waals surface area contributed by atoms with Crippen LogP contribution in [0.1, 0.15) is 24.5 Å². The van der Waals surface area contributed by atoms with Crippen molar-refractivity contribution in [2.45, 2.75) is 19.8 Å². The highest BCUT2D eigenvalue weighted by atomic mass is 16.6. The lowest BCUT2D eigenvalue weighted by atomic mass is 10.1. The molecule has 0 spiro atoms. The summed E-state index contributed by atoms with van der Waals surface area (Å²) in [5.41, 5.74) is 2.45. The molecule has 1 aliphatic rings. The molecule has 2 aromatic carbocycles. The molecule has 0 aromatic heterocycles. The zero-order valence-electron chi connectivity index (χ0n) is 16.0. The van der Waals surface area contributed by atoms with Gasteiger partial charge in [0.25, 0.3) is 5.91 Å². The summed E-state index contributed by atoms with van der Waals surface area (Å²) >= 11 is 0. The van der Waals surface area contributed by atoms with Gasteiger partial charge in [-0.25, -0.2) is 0 Å². The van der Waals surface area contributed by atoms with Crippen molar-refractivity contribution in [3.05, 3.63) is 53.6 Å². The Hall–Kier alpha value is -3.55. The molecule has 1 heterocycles. The molecule has 29 heavy (non-hydrogen) atoms. The largest absolute Gasteiger partial charge is 0.487 e. The molecule has 2 N–H and O–H groups in total. The Morgan fingerprint density at radius 2 is 2.14 bits per heavy atom. The number of carbonyl (C=O) groups excluding carboxylic acids is 1. The predicted octanol–water partition coefficient (Wildman–Crippen LogP) is 2.85. The Kier molecular flexibility index (Phi) is 6.67. The molecule has 0 atom stereocenters. The fourth-order valence-corrected chi connectivity index (χ4v) is 2.71. The molecule has 2 aromatic rings. The van der Waals surface area contributed by atoms with Gasteiger partial charge < -0.3 is 24.7 Å². The van der Waals surface area contributed by atoms with Crippen molar-refractivity contribution < 1.29 is 29.0 Å². The van der Waals surface area contributed by atoms with Crippen molar-refractivity contribution in [2.75, 3.05) is 25.1 Å². The number of hydrogen-bond donors (Lipinski definition) is 2. The van der Waals surface area contributed by atoms with E-state index in [9.17, 15) is 9.59 Å². The highest BCUT2D eigenvalue weighted by Gasteiger charge is 2.18. The topological polar surface area (TPSA) is 106 Å². The third-order valence-corrected chi connectivity index (χ3v) is 4.05. The van der Waals surface area contributed by atoms with Crippen molar-refractivity contribution in [1.29, 1.82) is 0 Å². The van der Waals surface area contributed by atoms with Crippen LogP contribution in [0, 0.1) is 0 Å². The lowest BCUT2D eigenvalue weighted by Crippen LogP contribution is -2.25. The van der Waals surface area contributed by atoms with Gasteiger partial charge in [-0.05, 0) is 42.3 Å². The summed E-state index contributed by atoms with van der Waals surface area (Å²) in [5, 5.41) is 15.9. The van der Waals surface area contributed by atoms with Crippen LogP contribution in [0.25, 0.3) is 0 Å². The number of amides is 1. The van der Waals surface area contributed by atoms with Crippen LogP contribution in [-0.4, -0.2) is 42.5 Å². The second-order valence-electron chi connectivity index (χ2n) is 6.43. The molecule has 0 saturated carbocycles. The number of ether oxygens (including phenoxy) is 2. The first-order chi connectivity index (χ1) is 14.0. The SMILES string of the molecule is CCCO/N=C(\COc1cccc(CC(=O)O)c1)c1ccc2c(c1)NC(=O)CO2. The predicted molar refractivity (Wildman–Crippen MR) is 107 cm³/mol. The van der Waals surface area contributed by atoms with Gasteiger partial charge in [0.1, 0.15) is 30.4 Å². The summed E-state index contributed by atoms with van der Waals surface area (Å²) in [5.74, 6) is -0.0106. The van der Waals surface area contributed by atoms with Gasteiger partial charge in [0.15, 0.2) is 6.61 Å². The minimum Gasteiger partial charge on any atom is -0.487 e. The minimum atomic E-state index is -0.907. The molecule has 3 rings (SSSR count). The number of rotatable bonds is 9. The average Bonchev–Trinajstić information content (AvgIpc) is 2.70. The number of anilines is 1. The van der Waals surface area contributed by atoms with Crippen LogP contribution < -0.4 is 14.8 Å². The van der Waals surface area contributed by atoms with Gasteiger partial charge in [0, 0.05) is 5.56 Å². The number of carboxylic acid groups (broad SMARTS) is 1. The minimum absolute atomic E-state index is 0.0112. The van der Waals surface area contributed by atoms with Crippen LogP contribution in [0.4, 0.5) is 5.69 Å². The van der Waals surface area contributed by atoms with Gasteiger partial charge in [0.05, 0.1) is 12.1 Å². The Balaban J connectivity index is 1.78. The molecule has 8 nitrogen and oxygen atoms in total. The normalized spacial score (nSPS) is 13.1. The van der Waals surface area contributed by atoms with Crippen LogP contribution in [0.2, 0.25) is 0 Å². The molecule has 0 bridgehead atoms. The second kappa shape index (κ2) is 9.59. The number of hydrogen-bond acceptors (Lipinski definition) is 6. The lowest BCUT2D eigenvalue weighted by Gasteiger charge is -2.19. The zero-order valence-corrected chi connectivity index (χ0v) is 16.0. The fraction of sp³-hybridized carbons (Fsp3) is 0.286. The summed E-state index contributed by atoms with van der Waals surface area (Å²) in [7, 11) is 0. The molecule has 152 valence electrons. The number of benzene rings is 2. The van der Waals surface area contributed by atoms with E-state index in [0.29, 0.717) is 40.6 Å². The quantitative estimate of drug-likeness (QED) is 0.382. The maximum atomic E-state index is 11.6. The maximum Gasteiger partial charge on any atom is 0.307 e. The fourth-order valence-electron chi connectivity index (χ4n) is 2.71. The third kappa shape index (κ3) is 5.71. The standard InChI is InChI=1S/C21H22N2O6/c1-2-8-29-23-18(12-27-16-5-3-4-14(9-16)10-21(25)26)15-6-7-19-17(11-15)22-20(24)13-28-19/h3-7,9,11H,2,8,10,12-13H2,1H3,(H,22,24)(H,25,26)/b23-18+. The highest BCUT2D eigenvalue weighted by Crippen LogP contribution is 2.29. The van der Waals surface area contributed by atoms with Crippen molar-refractivity contribution in [1.82, 2.24) is 0 Å². The van der Waals surface area contributed by atoms with E-state index in [2.05, 4.69) is 10.5 Å². The molecule has 0 saturated heterocycles. The zero-order chi connectivity index (χ0) is 20.6. The third-order valence-electron chi connectivity index (χ3n) is 4.05. The van der Waals surface area contributed by atoms with E-state index in [1.807, 2.05) is 13.0 Å². The van der Waals surface area contributed by atoms with Crippen LogP contribution in [-0.2, 0) is 20.8 Å². The van der Waals surface area contributed by atoms with E-state index >= 15 is 0 Å². The number of nitrogens with one attached hydrogen (secondary N) is 1. The first kappa shape index (κ1) is 20.2. The summed E-state index contributed by atoms with van der Waals surface area (Å²) in [6, 6.07) is 12.2. The Morgan fingerprint density at radius 1 is 1.28 bits per heavy atom. The monoisotopic (exact) mass is 398 g/mol. The van der Waals surface area contributed by atoms with E-state index in [0.717, 1.165) is 6.42 Å². The van der Waals surface area contributed by atoms with Gasteiger partial charge in [-0.1, -0.05) is 24.2 Å².